The number of Topliss-reactive ketones (excluding diaryl/α,β-unsaturated/α-hetero) is 1. The summed E-state index contributed by atoms with van der Waals surface area (Å²) < 4.78 is 0. The molecule has 2 rings (SSSR count). The van der Waals surface area contributed by atoms with E-state index < -0.39 is 0 Å². The number of hydrogen-bond acceptors (Lipinski definition) is 2. The van der Waals surface area contributed by atoms with E-state index in [0.29, 0.717) is 6.54 Å². The van der Waals surface area contributed by atoms with Gasteiger partial charge in [0.25, 0.3) is 0 Å². The Morgan fingerprint density at radius 1 is 1.12 bits per heavy atom. The smallest absolute Gasteiger partial charge is 0.149 e. The highest BCUT2D eigenvalue weighted by Gasteiger charge is 2.29. The highest BCUT2D eigenvalue weighted by Crippen LogP contribution is 2.41. The summed E-state index contributed by atoms with van der Waals surface area (Å²) in [6.45, 7) is 10.9. The summed E-state index contributed by atoms with van der Waals surface area (Å²) in [5.41, 5.74) is 6.20. The van der Waals surface area contributed by atoms with Gasteiger partial charge in [-0.1, -0.05) is 57.8 Å². The highest BCUT2D eigenvalue weighted by molar-refractivity contribution is 5.79. The van der Waals surface area contributed by atoms with Crippen LogP contribution in [0.3, 0.4) is 0 Å². The summed E-state index contributed by atoms with van der Waals surface area (Å²) in [5.74, 6) is 0.224. The number of ketones is 1. The van der Waals surface area contributed by atoms with Crippen LogP contribution in [-0.4, -0.2) is 17.2 Å². The number of carbonyl (C=O) groups excluding carboxylic acids is 1. The standard InChI is InChI=1S/C22H33NO/c1-5-6-7-8-9-10-14-21-19(4)18(3)20-13-11-12-15-22(20)23(21)16-17(2)24/h13,15H,3,5-12,14,16H2,1-2,4H3. The van der Waals surface area contributed by atoms with Gasteiger partial charge in [-0.25, -0.2) is 0 Å². The number of fused-ring (bicyclic) bond motifs is 1. The van der Waals surface area contributed by atoms with Crippen molar-refractivity contribution in [2.75, 3.05) is 6.54 Å². The second-order valence-electron chi connectivity index (χ2n) is 7.14. The first kappa shape index (κ1) is 18.8. The summed E-state index contributed by atoms with van der Waals surface area (Å²) in [7, 11) is 0. The molecule has 24 heavy (non-hydrogen) atoms. The van der Waals surface area contributed by atoms with Gasteiger partial charge in [0.2, 0.25) is 0 Å². The van der Waals surface area contributed by atoms with E-state index in [0.717, 1.165) is 24.8 Å². The van der Waals surface area contributed by atoms with Gasteiger partial charge in [0.05, 0.1) is 6.54 Å². The summed E-state index contributed by atoms with van der Waals surface area (Å²) >= 11 is 0. The van der Waals surface area contributed by atoms with Crippen LogP contribution in [0.5, 0.6) is 0 Å². The van der Waals surface area contributed by atoms with Crippen LogP contribution >= 0.6 is 0 Å². The number of rotatable bonds is 9. The van der Waals surface area contributed by atoms with E-state index in [1.165, 1.54) is 61.1 Å². The minimum absolute atomic E-state index is 0.224. The van der Waals surface area contributed by atoms with Crippen LogP contribution < -0.4 is 0 Å². The molecule has 0 unspecified atom stereocenters. The third kappa shape index (κ3) is 4.49. The van der Waals surface area contributed by atoms with Crippen molar-refractivity contribution in [2.24, 2.45) is 0 Å². The fraction of sp³-hybridized carbons (Fsp3) is 0.591. The van der Waals surface area contributed by atoms with Crippen LogP contribution in [0.1, 0.15) is 78.6 Å². The van der Waals surface area contributed by atoms with E-state index in [1.807, 2.05) is 0 Å². The van der Waals surface area contributed by atoms with Gasteiger partial charge in [0, 0.05) is 17.0 Å². The molecule has 0 saturated carbocycles. The summed E-state index contributed by atoms with van der Waals surface area (Å²) in [4.78, 5) is 14.1. The second kappa shape index (κ2) is 9.05. The van der Waals surface area contributed by atoms with E-state index in [4.69, 9.17) is 0 Å². The maximum Gasteiger partial charge on any atom is 0.149 e. The van der Waals surface area contributed by atoms with E-state index in [1.54, 1.807) is 6.92 Å². The predicted molar refractivity (Wildman–Crippen MR) is 103 cm³/mol. The average molecular weight is 328 g/mol. The van der Waals surface area contributed by atoms with Crippen molar-refractivity contribution < 1.29 is 4.79 Å². The minimum atomic E-state index is 0.224. The Balaban J connectivity index is 2.13. The Labute approximate surface area is 148 Å². The molecule has 0 fully saturated rings. The molecule has 0 aromatic rings. The summed E-state index contributed by atoms with van der Waals surface area (Å²) in [5, 5.41) is 0. The second-order valence-corrected chi connectivity index (χ2v) is 7.14. The molecule has 1 aliphatic carbocycles. The zero-order chi connectivity index (χ0) is 17.5. The van der Waals surface area contributed by atoms with Crippen LogP contribution in [-0.2, 0) is 4.79 Å². The molecule has 0 bridgehead atoms. The van der Waals surface area contributed by atoms with Gasteiger partial charge in [-0.05, 0) is 50.7 Å². The van der Waals surface area contributed by atoms with Gasteiger partial charge >= 0.3 is 0 Å². The lowest BCUT2D eigenvalue weighted by atomic mass is 9.85. The molecule has 1 aliphatic heterocycles. The predicted octanol–water partition coefficient (Wildman–Crippen LogP) is 6.08. The van der Waals surface area contributed by atoms with Crippen LogP contribution in [0, 0.1) is 0 Å². The third-order valence-electron chi connectivity index (χ3n) is 5.10. The minimum Gasteiger partial charge on any atom is -0.337 e. The maximum absolute atomic E-state index is 11.8. The molecule has 0 atom stereocenters. The monoisotopic (exact) mass is 327 g/mol. The largest absolute Gasteiger partial charge is 0.337 e. The molecule has 0 aromatic carbocycles. The van der Waals surface area contributed by atoms with Crippen molar-refractivity contribution in [2.45, 2.75) is 78.6 Å². The van der Waals surface area contributed by atoms with E-state index in [9.17, 15) is 4.79 Å². The third-order valence-corrected chi connectivity index (χ3v) is 5.10. The Kier molecular flexibility index (Phi) is 7.08. The first-order chi connectivity index (χ1) is 11.6. The number of hydrogen-bond donors (Lipinski definition) is 0. The first-order valence-electron chi connectivity index (χ1n) is 9.63. The summed E-state index contributed by atoms with van der Waals surface area (Å²) in [6.07, 6.45) is 15.5. The summed E-state index contributed by atoms with van der Waals surface area (Å²) in [6, 6.07) is 0. The van der Waals surface area contributed by atoms with Crippen LogP contribution in [0.4, 0.5) is 0 Å². The molecule has 0 spiro atoms. The highest BCUT2D eigenvalue weighted by atomic mass is 16.1. The lowest BCUT2D eigenvalue weighted by molar-refractivity contribution is -0.117. The normalized spacial score (nSPS) is 17.6. The SMILES string of the molecule is C=C1C2=CCCC=C2N(CC(C)=O)C(CCCCCCCC)=C1C. The average Bonchev–Trinajstić information content (AvgIpc) is 2.57. The van der Waals surface area contributed by atoms with E-state index in [-0.39, 0.29) is 5.78 Å². The van der Waals surface area contributed by atoms with Crippen molar-refractivity contribution in [1.29, 1.82) is 0 Å². The molecule has 132 valence electrons. The number of allylic oxidation sites excluding steroid dienone is 5. The van der Waals surface area contributed by atoms with E-state index in [2.05, 4.69) is 37.5 Å². The Bertz CT molecular complexity index is 577. The molecule has 1 heterocycles. The Morgan fingerprint density at radius 3 is 2.50 bits per heavy atom. The van der Waals surface area contributed by atoms with Crippen molar-refractivity contribution >= 4 is 5.78 Å². The first-order valence-corrected chi connectivity index (χ1v) is 9.63. The molecule has 0 amide bonds. The zero-order valence-corrected chi connectivity index (χ0v) is 15.8. The van der Waals surface area contributed by atoms with Crippen molar-refractivity contribution in [3.8, 4) is 0 Å². The molecule has 2 heteroatoms. The maximum atomic E-state index is 11.8. The number of carbonyl (C=O) groups is 1. The molecule has 0 N–H and O–H groups in total. The zero-order valence-electron chi connectivity index (χ0n) is 15.8. The van der Waals surface area contributed by atoms with Gasteiger partial charge < -0.3 is 4.90 Å². The van der Waals surface area contributed by atoms with Gasteiger partial charge in [-0.2, -0.15) is 0 Å². The van der Waals surface area contributed by atoms with Crippen molar-refractivity contribution in [1.82, 2.24) is 4.90 Å². The molecular formula is C22H33NO. The fourth-order valence-electron chi connectivity index (χ4n) is 3.72. The molecule has 2 aliphatic rings. The van der Waals surface area contributed by atoms with E-state index >= 15 is 0 Å². The number of unbranched alkanes of at least 4 members (excludes halogenated alkanes) is 5. The quantitative estimate of drug-likeness (QED) is 0.479. The Morgan fingerprint density at radius 2 is 1.79 bits per heavy atom. The molecular weight excluding hydrogens is 294 g/mol. The molecule has 2 nitrogen and oxygen atoms in total. The topological polar surface area (TPSA) is 20.3 Å². The lowest BCUT2D eigenvalue weighted by Gasteiger charge is -2.39. The van der Waals surface area contributed by atoms with Gasteiger partial charge in [0.15, 0.2) is 0 Å². The van der Waals surface area contributed by atoms with Crippen LogP contribution in [0.25, 0.3) is 0 Å². The molecule has 0 saturated heterocycles. The lowest BCUT2D eigenvalue weighted by Crippen LogP contribution is -2.33. The van der Waals surface area contributed by atoms with Gasteiger partial charge in [-0.3, -0.25) is 4.79 Å². The van der Waals surface area contributed by atoms with Crippen LogP contribution in [0.2, 0.25) is 0 Å². The fourth-order valence-corrected chi connectivity index (χ4v) is 3.72. The van der Waals surface area contributed by atoms with Gasteiger partial charge in [0.1, 0.15) is 5.78 Å². The number of nitrogens with zero attached hydrogens (tertiary/aromatic N) is 1. The molecule has 0 aromatic heterocycles. The Hall–Kier alpha value is -1.57. The van der Waals surface area contributed by atoms with Gasteiger partial charge in [-0.15, -0.1) is 0 Å². The van der Waals surface area contributed by atoms with Crippen molar-refractivity contribution in [3.63, 3.8) is 0 Å². The van der Waals surface area contributed by atoms with Crippen molar-refractivity contribution in [3.05, 3.63) is 46.8 Å². The van der Waals surface area contributed by atoms with Crippen LogP contribution in [0.15, 0.2) is 46.8 Å². The molecule has 0 radical (unpaired) electrons.